The highest BCUT2D eigenvalue weighted by molar-refractivity contribution is 5.93. The summed E-state index contributed by atoms with van der Waals surface area (Å²) in [6.45, 7) is 10.8. The van der Waals surface area contributed by atoms with E-state index in [0.717, 1.165) is 48.9 Å². The predicted molar refractivity (Wildman–Crippen MR) is 120 cm³/mol. The van der Waals surface area contributed by atoms with Crippen molar-refractivity contribution in [1.82, 2.24) is 15.4 Å². The predicted octanol–water partition coefficient (Wildman–Crippen LogP) is 5.06. The average molecular weight is 422 g/mol. The number of aromatic nitrogens is 1. The lowest BCUT2D eigenvalue weighted by molar-refractivity contribution is 0.0887. The number of rotatable bonds is 6. The van der Waals surface area contributed by atoms with Crippen molar-refractivity contribution < 1.29 is 13.7 Å². The zero-order valence-corrected chi connectivity index (χ0v) is 18.8. The molecule has 0 radical (unpaired) electrons. The van der Waals surface area contributed by atoms with Gasteiger partial charge in [-0.1, -0.05) is 24.2 Å². The summed E-state index contributed by atoms with van der Waals surface area (Å²) in [5, 5.41) is 7.04. The van der Waals surface area contributed by atoms with E-state index in [1.54, 1.807) is 6.07 Å². The number of nitrogens with one attached hydrogen (secondary N) is 1. The van der Waals surface area contributed by atoms with Crippen LogP contribution in [0.5, 0.6) is 0 Å². The van der Waals surface area contributed by atoms with Crippen molar-refractivity contribution in [2.75, 3.05) is 19.6 Å². The van der Waals surface area contributed by atoms with Crippen molar-refractivity contribution in [2.45, 2.75) is 46.6 Å². The first-order valence-electron chi connectivity index (χ1n) is 11.0. The van der Waals surface area contributed by atoms with Crippen LogP contribution < -0.4 is 5.32 Å². The monoisotopic (exact) mass is 421 g/mol. The Morgan fingerprint density at radius 3 is 2.58 bits per heavy atom. The van der Waals surface area contributed by atoms with Gasteiger partial charge in [0.05, 0.1) is 6.04 Å². The third kappa shape index (κ3) is 4.90. The number of hydrogen-bond acceptors (Lipinski definition) is 5. The molecule has 1 atom stereocenters. The lowest BCUT2D eigenvalue weighted by atomic mass is 9.97. The van der Waals surface area contributed by atoms with Crippen LogP contribution in [0.2, 0.25) is 0 Å². The Morgan fingerprint density at radius 2 is 1.90 bits per heavy atom. The van der Waals surface area contributed by atoms with Gasteiger partial charge < -0.3 is 14.3 Å². The third-order valence-electron chi connectivity index (χ3n) is 6.34. The van der Waals surface area contributed by atoms with Gasteiger partial charge in [0.25, 0.3) is 5.91 Å². The second-order valence-electron chi connectivity index (χ2n) is 8.77. The van der Waals surface area contributed by atoms with Crippen LogP contribution in [-0.4, -0.2) is 35.6 Å². The van der Waals surface area contributed by atoms with Gasteiger partial charge in [-0.25, -0.2) is 0 Å². The molecular formula is C25H31N3O3. The second-order valence-corrected chi connectivity index (χ2v) is 8.77. The van der Waals surface area contributed by atoms with Gasteiger partial charge in [0, 0.05) is 18.2 Å². The Balaban J connectivity index is 1.45. The van der Waals surface area contributed by atoms with Crippen molar-refractivity contribution in [3.8, 4) is 11.3 Å². The largest absolute Gasteiger partial charge is 0.465 e. The van der Waals surface area contributed by atoms with Crippen molar-refractivity contribution in [3.05, 3.63) is 64.7 Å². The first kappa shape index (κ1) is 21.4. The van der Waals surface area contributed by atoms with Crippen LogP contribution in [0, 0.1) is 26.7 Å². The number of carbonyl (C=O) groups excluding carboxylic acids is 1. The number of aryl methyl sites for hydroxylation is 3. The van der Waals surface area contributed by atoms with Gasteiger partial charge in [0.15, 0.2) is 11.5 Å². The summed E-state index contributed by atoms with van der Waals surface area (Å²) in [4.78, 5) is 15.2. The maximum absolute atomic E-state index is 12.8. The summed E-state index contributed by atoms with van der Waals surface area (Å²) in [5.74, 6) is 2.87. The van der Waals surface area contributed by atoms with Crippen molar-refractivity contribution in [2.24, 2.45) is 5.92 Å². The Morgan fingerprint density at radius 1 is 1.13 bits per heavy atom. The Labute approximate surface area is 183 Å². The van der Waals surface area contributed by atoms with Crippen molar-refractivity contribution in [1.29, 1.82) is 0 Å². The van der Waals surface area contributed by atoms with Crippen LogP contribution in [0.15, 0.2) is 45.3 Å². The van der Waals surface area contributed by atoms with Gasteiger partial charge in [-0.05, 0) is 81.9 Å². The van der Waals surface area contributed by atoms with Gasteiger partial charge in [-0.2, -0.15) is 0 Å². The fourth-order valence-corrected chi connectivity index (χ4v) is 4.08. The van der Waals surface area contributed by atoms with Gasteiger partial charge in [-0.3, -0.25) is 9.69 Å². The van der Waals surface area contributed by atoms with E-state index in [1.165, 1.54) is 11.1 Å². The molecule has 1 aromatic carbocycles. The molecule has 0 spiro atoms. The summed E-state index contributed by atoms with van der Waals surface area (Å²) >= 11 is 0. The molecule has 0 bridgehead atoms. The summed E-state index contributed by atoms with van der Waals surface area (Å²) < 4.78 is 11.4. The fraction of sp³-hybridized carbons (Fsp3) is 0.440. The summed E-state index contributed by atoms with van der Waals surface area (Å²) in [5.41, 5.74) is 3.59. The Kier molecular flexibility index (Phi) is 6.28. The minimum absolute atomic E-state index is 0.0104. The molecule has 0 saturated carbocycles. The highest BCUT2D eigenvalue weighted by atomic mass is 16.5. The molecule has 0 unspecified atom stereocenters. The molecule has 3 heterocycles. The molecule has 6 nitrogen and oxygen atoms in total. The number of likely N-dealkylation sites (tertiary alicyclic amines) is 1. The van der Waals surface area contributed by atoms with E-state index in [-0.39, 0.29) is 17.6 Å². The SMILES string of the molecule is Cc1ccc([C@H](CNC(=O)c2cc(-c3ccc(C)c(C)c3)on2)N2CCC(C)CC2)o1. The third-order valence-corrected chi connectivity index (χ3v) is 6.34. The molecule has 3 aromatic rings. The Hall–Kier alpha value is -2.86. The van der Waals surface area contributed by atoms with E-state index in [9.17, 15) is 4.79 Å². The standard InChI is InChI=1S/C25H31N3O3/c1-16-9-11-28(12-10-16)22(23-8-6-19(4)30-23)15-26-25(29)21-14-24(31-27-21)20-7-5-17(2)18(3)13-20/h5-8,13-14,16,22H,9-12,15H2,1-4H3,(H,26,29)/t22-/m0/s1. The number of carbonyl (C=O) groups is 1. The molecule has 1 aliphatic heterocycles. The molecule has 2 aromatic heterocycles. The van der Waals surface area contributed by atoms with E-state index < -0.39 is 0 Å². The maximum atomic E-state index is 12.8. The molecule has 1 saturated heterocycles. The summed E-state index contributed by atoms with van der Waals surface area (Å²) in [7, 11) is 0. The van der Waals surface area contributed by atoms with Crippen LogP contribution in [0.4, 0.5) is 0 Å². The lowest BCUT2D eigenvalue weighted by Crippen LogP contribution is -2.41. The topological polar surface area (TPSA) is 71.5 Å². The number of benzene rings is 1. The molecule has 1 fully saturated rings. The maximum Gasteiger partial charge on any atom is 0.273 e. The average Bonchev–Trinajstić information content (AvgIpc) is 3.41. The Bertz CT molecular complexity index is 1040. The van der Waals surface area contributed by atoms with Gasteiger partial charge in [0.2, 0.25) is 0 Å². The summed E-state index contributed by atoms with van der Waals surface area (Å²) in [6.07, 6.45) is 2.32. The van der Waals surface area contributed by atoms with Gasteiger partial charge in [0.1, 0.15) is 11.5 Å². The molecule has 4 rings (SSSR count). The zero-order chi connectivity index (χ0) is 22.0. The highest BCUT2D eigenvalue weighted by Crippen LogP contribution is 2.28. The van der Waals surface area contributed by atoms with E-state index in [2.05, 4.69) is 36.1 Å². The molecular weight excluding hydrogens is 390 g/mol. The quantitative estimate of drug-likeness (QED) is 0.602. The minimum atomic E-state index is -0.238. The number of hydrogen-bond donors (Lipinski definition) is 1. The fourth-order valence-electron chi connectivity index (χ4n) is 4.08. The second kappa shape index (κ2) is 9.10. The molecule has 1 aliphatic rings. The molecule has 0 aliphatic carbocycles. The number of furan rings is 1. The molecule has 6 heteroatoms. The minimum Gasteiger partial charge on any atom is -0.465 e. The van der Waals surface area contributed by atoms with E-state index in [1.807, 2.05) is 37.3 Å². The summed E-state index contributed by atoms with van der Waals surface area (Å²) in [6, 6.07) is 11.8. The molecule has 31 heavy (non-hydrogen) atoms. The van der Waals surface area contributed by atoms with E-state index in [4.69, 9.17) is 8.94 Å². The van der Waals surface area contributed by atoms with Gasteiger partial charge >= 0.3 is 0 Å². The first-order chi connectivity index (χ1) is 14.9. The van der Waals surface area contributed by atoms with Crippen LogP contribution in [0.1, 0.15) is 58.9 Å². The smallest absolute Gasteiger partial charge is 0.273 e. The normalized spacial score (nSPS) is 16.4. The van der Waals surface area contributed by atoms with Crippen LogP contribution >= 0.6 is 0 Å². The first-order valence-corrected chi connectivity index (χ1v) is 11.0. The van der Waals surface area contributed by atoms with Crippen molar-refractivity contribution in [3.63, 3.8) is 0 Å². The van der Waals surface area contributed by atoms with Crippen LogP contribution in [0.25, 0.3) is 11.3 Å². The van der Waals surface area contributed by atoms with E-state index >= 15 is 0 Å². The molecule has 1 amide bonds. The number of nitrogens with zero attached hydrogens (tertiary/aromatic N) is 2. The van der Waals surface area contributed by atoms with Crippen molar-refractivity contribution >= 4 is 5.91 Å². The molecule has 164 valence electrons. The zero-order valence-electron chi connectivity index (χ0n) is 18.8. The number of piperidine rings is 1. The van der Waals surface area contributed by atoms with Gasteiger partial charge in [-0.15, -0.1) is 0 Å². The highest BCUT2D eigenvalue weighted by Gasteiger charge is 2.27. The van der Waals surface area contributed by atoms with E-state index in [0.29, 0.717) is 12.3 Å². The lowest BCUT2D eigenvalue weighted by Gasteiger charge is -2.35. The van der Waals surface area contributed by atoms with Crippen LogP contribution in [-0.2, 0) is 0 Å². The molecule has 1 N–H and O–H groups in total. The number of amides is 1. The van der Waals surface area contributed by atoms with Crippen LogP contribution in [0.3, 0.4) is 0 Å².